The lowest BCUT2D eigenvalue weighted by atomic mass is 9.96. The Hall–Kier alpha value is -3.71. The zero-order chi connectivity index (χ0) is 26.2. The average Bonchev–Trinajstić information content (AvgIpc) is 3.64. The zero-order valence-electron chi connectivity index (χ0n) is 22.1. The molecule has 2 fully saturated rings. The van der Waals surface area contributed by atoms with E-state index < -0.39 is 0 Å². The quantitative estimate of drug-likeness (QED) is 0.284. The third kappa shape index (κ3) is 4.56. The minimum absolute atomic E-state index is 0.0793. The van der Waals surface area contributed by atoms with E-state index in [0.29, 0.717) is 11.2 Å². The number of aromatic nitrogens is 3. The third-order valence-corrected chi connectivity index (χ3v) is 8.05. The van der Waals surface area contributed by atoms with E-state index in [9.17, 15) is 0 Å². The molecule has 2 atom stereocenters. The molecule has 6 nitrogen and oxygen atoms in total. The highest BCUT2D eigenvalue weighted by atomic mass is 32.1. The SMILES string of the molecule is Cc1ccc(-n2c(C)cc(C3C(c4ccccn4)NC(=S)N3c3ccc(OC4CCCC4)cc3)c2C)nc1. The monoisotopic (exact) mass is 523 g/mol. The van der Waals surface area contributed by atoms with Crippen LogP contribution in [-0.2, 0) is 0 Å². The first-order valence-electron chi connectivity index (χ1n) is 13.4. The van der Waals surface area contributed by atoms with Crippen LogP contribution < -0.4 is 15.0 Å². The molecule has 7 heteroatoms. The van der Waals surface area contributed by atoms with Gasteiger partial charge in [0.25, 0.3) is 0 Å². The summed E-state index contributed by atoms with van der Waals surface area (Å²) in [5, 5.41) is 4.27. The van der Waals surface area contributed by atoms with Crippen LogP contribution in [0.15, 0.2) is 73.1 Å². The molecular weight excluding hydrogens is 490 g/mol. The third-order valence-electron chi connectivity index (χ3n) is 7.73. The number of thiocarbonyl (C=S) groups is 1. The van der Waals surface area contributed by atoms with Crippen molar-refractivity contribution in [3.63, 3.8) is 0 Å². The number of aryl methyl sites for hydroxylation is 2. The molecule has 3 aromatic heterocycles. The molecule has 2 aliphatic rings. The predicted octanol–water partition coefficient (Wildman–Crippen LogP) is 6.69. The van der Waals surface area contributed by atoms with E-state index in [1.807, 2.05) is 24.5 Å². The maximum atomic E-state index is 6.23. The second kappa shape index (κ2) is 10.2. The second-order valence-electron chi connectivity index (χ2n) is 10.4. The molecule has 1 aliphatic heterocycles. The molecule has 0 bridgehead atoms. The molecule has 4 heterocycles. The first kappa shape index (κ1) is 24.6. The van der Waals surface area contributed by atoms with Crippen LogP contribution in [0.1, 0.15) is 66.0 Å². The summed E-state index contributed by atoms with van der Waals surface area (Å²) in [7, 11) is 0. The molecule has 6 rings (SSSR count). The van der Waals surface area contributed by atoms with Gasteiger partial charge in [0, 0.05) is 29.5 Å². The Labute approximate surface area is 229 Å². The van der Waals surface area contributed by atoms with Crippen LogP contribution in [-0.4, -0.2) is 25.8 Å². The van der Waals surface area contributed by atoms with Gasteiger partial charge in [-0.25, -0.2) is 4.98 Å². The standard InChI is InChI=1S/C31H33N5OS/c1-20-11-16-28(33-19-20)35-21(2)18-26(22(35)3)30-29(27-10-6-7-17-32-27)34-31(38)36(30)23-12-14-25(15-13-23)37-24-8-4-5-9-24/h6-7,10-19,24,29-30H,4-5,8-9H2,1-3H3,(H,34,38). The number of nitrogens with one attached hydrogen (secondary N) is 1. The van der Waals surface area contributed by atoms with E-state index in [2.05, 4.69) is 84.1 Å². The van der Waals surface area contributed by atoms with E-state index >= 15 is 0 Å². The number of benzene rings is 1. The maximum Gasteiger partial charge on any atom is 0.174 e. The van der Waals surface area contributed by atoms with Gasteiger partial charge in [-0.3, -0.25) is 4.98 Å². The van der Waals surface area contributed by atoms with E-state index in [-0.39, 0.29) is 12.1 Å². The Kier molecular flexibility index (Phi) is 6.62. The zero-order valence-corrected chi connectivity index (χ0v) is 22.9. The fourth-order valence-electron chi connectivity index (χ4n) is 5.86. The Morgan fingerprint density at radius 3 is 2.42 bits per heavy atom. The summed E-state index contributed by atoms with van der Waals surface area (Å²) in [6.45, 7) is 6.35. The second-order valence-corrected chi connectivity index (χ2v) is 10.8. The number of rotatable bonds is 6. The Bertz CT molecular complexity index is 1430. The van der Waals surface area contributed by atoms with Crippen molar-refractivity contribution in [3.8, 4) is 11.6 Å². The van der Waals surface area contributed by atoms with Crippen molar-refractivity contribution in [2.45, 2.75) is 64.6 Å². The van der Waals surface area contributed by atoms with Gasteiger partial charge in [0.05, 0.1) is 23.9 Å². The molecule has 1 aliphatic carbocycles. The Morgan fingerprint density at radius 1 is 0.947 bits per heavy atom. The summed E-state index contributed by atoms with van der Waals surface area (Å²) >= 11 is 5.95. The summed E-state index contributed by atoms with van der Waals surface area (Å²) in [5.41, 5.74) is 6.60. The molecule has 4 aromatic rings. The van der Waals surface area contributed by atoms with Crippen LogP contribution in [0.25, 0.3) is 5.82 Å². The fourth-order valence-corrected chi connectivity index (χ4v) is 6.21. The van der Waals surface area contributed by atoms with Crippen LogP contribution in [0, 0.1) is 20.8 Å². The predicted molar refractivity (Wildman–Crippen MR) is 155 cm³/mol. The van der Waals surface area contributed by atoms with Crippen molar-refractivity contribution in [2.24, 2.45) is 0 Å². The first-order chi connectivity index (χ1) is 18.5. The highest BCUT2D eigenvalue weighted by Gasteiger charge is 2.42. The largest absolute Gasteiger partial charge is 0.490 e. The molecule has 0 amide bonds. The van der Waals surface area contributed by atoms with Crippen molar-refractivity contribution < 1.29 is 4.74 Å². The molecular formula is C31H33N5OS. The number of pyridine rings is 2. The van der Waals surface area contributed by atoms with Crippen molar-refractivity contribution in [1.29, 1.82) is 0 Å². The van der Waals surface area contributed by atoms with Gasteiger partial charge in [0.15, 0.2) is 5.11 Å². The fraction of sp³-hybridized carbons (Fsp3) is 0.323. The molecule has 1 aromatic carbocycles. The molecule has 2 unspecified atom stereocenters. The van der Waals surface area contributed by atoms with Gasteiger partial charge >= 0.3 is 0 Å². The minimum Gasteiger partial charge on any atom is -0.490 e. The number of ether oxygens (including phenoxy) is 1. The highest BCUT2D eigenvalue weighted by Crippen LogP contribution is 2.44. The number of hydrogen-bond acceptors (Lipinski definition) is 4. The molecule has 1 saturated heterocycles. The van der Waals surface area contributed by atoms with Gasteiger partial charge in [-0.2, -0.15) is 0 Å². The molecule has 194 valence electrons. The van der Waals surface area contributed by atoms with E-state index in [1.54, 1.807) is 0 Å². The maximum absolute atomic E-state index is 6.23. The highest BCUT2D eigenvalue weighted by molar-refractivity contribution is 7.80. The Balaban J connectivity index is 1.41. The molecule has 0 spiro atoms. The van der Waals surface area contributed by atoms with E-state index in [4.69, 9.17) is 26.9 Å². The molecule has 0 radical (unpaired) electrons. The summed E-state index contributed by atoms with van der Waals surface area (Å²) in [6, 6.07) is 20.7. The normalized spacial score (nSPS) is 19.7. The number of anilines is 1. The molecule has 38 heavy (non-hydrogen) atoms. The van der Waals surface area contributed by atoms with Gasteiger partial charge < -0.3 is 19.5 Å². The molecule has 1 saturated carbocycles. The van der Waals surface area contributed by atoms with Crippen LogP contribution in [0.2, 0.25) is 0 Å². The summed E-state index contributed by atoms with van der Waals surface area (Å²) in [5.74, 6) is 1.83. The summed E-state index contributed by atoms with van der Waals surface area (Å²) in [6.07, 6.45) is 8.87. The van der Waals surface area contributed by atoms with E-state index in [0.717, 1.165) is 52.7 Å². The van der Waals surface area contributed by atoms with Crippen molar-refractivity contribution in [2.75, 3.05) is 4.90 Å². The lowest BCUT2D eigenvalue weighted by molar-refractivity contribution is 0.210. The summed E-state index contributed by atoms with van der Waals surface area (Å²) < 4.78 is 8.45. The average molecular weight is 524 g/mol. The minimum atomic E-state index is -0.0990. The van der Waals surface area contributed by atoms with Crippen molar-refractivity contribution >= 4 is 23.0 Å². The number of nitrogens with zero attached hydrogens (tertiary/aromatic N) is 4. The van der Waals surface area contributed by atoms with Gasteiger partial charge in [-0.1, -0.05) is 12.1 Å². The van der Waals surface area contributed by atoms with Gasteiger partial charge in [-0.05, 0) is 118 Å². The van der Waals surface area contributed by atoms with Crippen molar-refractivity contribution in [3.05, 3.63) is 101 Å². The van der Waals surface area contributed by atoms with Gasteiger partial charge in [0.2, 0.25) is 0 Å². The lowest BCUT2D eigenvalue weighted by Crippen LogP contribution is -2.29. The van der Waals surface area contributed by atoms with E-state index in [1.165, 1.54) is 18.4 Å². The van der Waals surface area contributed by atoms with Crippen LogP contribution in [0.5, 0.6) is 5.75 Å². The van der Waals surface area contributed by atoms with Crippen LogP contribution >= 0.6 is 12.2 Å². The van der Waals surface area contributed by atoms with Gasteiger partial charge in [0.1, 0.15) is 11.6 Å². The van der Waals surface area contributed by atoms with Crippen molar-refractivity contribution in [1.82, 2.24) is 19.9 Å². The Morgan fingerprint density at radius 2 is 1.74 bits per heavy atom. The molecule has 1 N–H and O–H groups in total. The smallest absolute Gasteiger partial charge is 0.174 e. The number of hydrogen-bond donors (Lipinski definition) is 1. The topological polar surface area (TPSA) is 55.2 Å². The van der Waals surface area contributed by atoms with Gasteiger partial charge in [-0.15, -0.1) is 0 Å². The first-order valence-corrected chi connectivity index (χ1v) is 13.8. The van der Waals surface area contributed by atoms with Crippen LogP contribution in [0.3, 0.4) is 0 Å². The lowest BCUT2D eigenvalue weighted by Gasteiger charge is -2.28. The van der Waals surface area contributed by atoms with Crippen LogP contribution in [0.4, 0.5) is 5.69 Å². The summed E-state index contributed by atoms with van der Waals surface area (Å²) in [4.78, 5) is 11.6.